The van der Waals surface area contributed by atoms with E-state index in [4.69, 9.17) is 4.43 Å². The van der Waals surface area contributed by atoms with Crippen LogP contribution in [0.5, 0.6) is 0 Å². The number of hydrogen-bond acceptors (Lipinski definition) is 1. The van der Waals surface area contributed by atoms with Crippen molar-refractivity contribution in [1.82, 2.24) is 0 Å². The summed E-state index contributed by atoms with van der Waals surface area (Å²) in [5, 5.41) is 0. The molecule has 21 heavy (non-hydrogen) atoms. The Labute approximate surface area is 142 Å². The molecule has 0 saturated carbocycles. The molecule has 0 N–H and O–H groups in total. The minimum absolute atomic E-state index is 0.210. The Kier molecular flexibility index (Phi) is 9.38. The molecule has 0 aromatic heterocycles. The fourth-order valence-corrected chi connectivity index (χ4v) is 9.22. The second-order valence-corrected chi connectivity index (χ2v) is 13.6. The minimum Gasteiger partial charge on any atom is -0.409 e. The van der Waals surface area contributed by atoms with Gasteiger partial charge in [0.15, 0.2) is 0 Å². The standard InChI is InChI=1S/C18H35BrOSi/c1-10-16(8)18(12-11-17(9)19)20-21(13(2)3,14(4)5)15(6)7/h10-11,13-15,18H,12H2,1-9H3/b16-10-,17-11+/t18-/m0/s1. The first kappa shape index (κ1) is 21.1. The molecule has 0 rings (SSSR count). The lowest BCUT2D eigenvalue weighted by Crippen LogP contribution is -2.50. The number of allylic oxidation sites excluding steroid dienone is 2. The summed E-state index contributed by atoms with van der Waals surface area (Å²) < 4.78 is 8.12. The Morgan fingerprint density at radius 2 is 1.43 bits per heavy atom. The molecule has 0 unspecified atom stereocenters. The number of halogens is 1. The molecule has 1 atom stereocenters. The molecule has 0 saturated heterocycles. The van der Waals surface area contributed by atoms with E-state index in [2.05, 4.69) is 90.4 Å². The van der Waals surface area contributed by atoms with Crippen molar-refractivity contribution in [2.24, 2.45) is 0 Å². The number of hydrogen-bond donors (Lipinski definition) is 0. The smallest absolute Gasteiger partial charge is 0.201 e. The molecule has 0 aromatic carbocycles. The SMILES string of the molecule is C/C=C(/C)[C@H](C/C=C(\C)Br)O[Si](C(C)C)(C(C)C)C(C)C. The van der Waals surface area contributed by atoms with Gasteiger partial charge in [-0.1, -0.05) is 69.6 Å². The highest BCUT2D eigenvalue weighted by Crippen LogP contribution is 2.44. The van der Waals surface area contributed by atoms with Gasteiger partial charge >= 0.3 is 0 Å². The quantitative estimate of drug-likeness (QED) is 0.322. The maximum atomic E-state index is 6.93. The van der Waals surface area contributed by atoms with Crippen LogP contribution in [-0.4, -0.2) is 14.4 Å². The van der Waals surface area contributed by atoms with E-state index < -0.39 is 8.32 Å². The lowest BCUT2D eigenvalue weighted by Gasteiger charge is -2.45. The molecule has 0 aliphatic rings. The second-order valence-electron chi connectivity index (χ2n) is 6.98. The van der Waals surface area contributed by atoms with Crippen LogP contribution in [0.25, 0.3) is 0 Å². The molecule has 0 aromatic rings. The van der Waals surface area contributed by atoms with E-state index >= 15 is 0 Å². The lowest BCUT2D eigenvalue weighted by molar-refractivity contribution is 0.208. The highest BCUT2D eigenvalue weighted by molar-refractivity contribution is 9.11. The third-order valence-electron chi connectivity index (χ3n) is 4.63. The van der Waals surface area contributed by atoms with Crippen LogP contribution in [0.15, 0.2) is 22.2 Å². The van der Waals surface area contributed by atoms with Gasteiger partial charge in [0.1, 0.15) is 0 Å². The summed E-state index contributed by atoms with van der Waals surface area (Å²) in [6.45, 7) is 20.5. The maximum Gasteiger partial charge on any atom is 0.201 e. The summed E-state index contributed by atoms with van der Waals surface area (Å²) in [6, 6.07) is 0. The highest BCUT2D eigenvalue weighted by Gasteiger charge is 2.46. The summed E-state index contributed by atoms with van der Waals surface area (Å²) in [4.78, 5) is 0. The zero-order chi connectivity index (χ0) is 16.8. The van der Waals surface area contributed by atoms with E-state index in [-0.39, 0.29) is 6.10 Å². The molecular weight excluding hydrogens is 340 g/mol. The van der Waals surface area contributed by atoms with Gasteiger partial charge in [0.2, 0.25) is 8.32 Å². The van der Waals surface area contributed by atoms with Crippen LogP contribution in [0.3, 0.4) is 0 Å². The average molecular weight is 375 g/mol. The van der Waals surface area contributed by atoms with Crippen molar-refractivity contribution in [3.63, 3.8) is 0 Å². The van der Waals surface area contributed by atoms with Crippen molar-refractivity contribution in [1.29, 1.82) is 0 Å². The molecule has 124 valence electrons. The van der Waals surface area contributed by atoms with Gasteiger partial charge in [-0.25, -0.2) is 0 Å². The molecule has 3 heteroatoms. The maximum absolute atomic E-state index is 6.93. The predicted octanol–water partition coefficient (Wildman–Crippen LogP) is 7.20. The van der Waals surface area contributed by atoms with Gasteiger partial charge in [-0.3, -0.25) is 0 Å². The third-order valence-corrected chi connectivity index (χ3v) is 11.1. The molecule has 0 aliphatic heterocycles. The number of rotatable bonds is 8. The van der Waals surface area contributed by atoms with Crippen molar-refractivity contribution < 1.29 is 4.43 Å². The molecule has 0 spiro atoms. The first-order chi connectivity index (χ1) is 9.59. The fourth-order valence-electron chi connectivity index (χ4n) is 3.44. The molecule has 0 fully saturated rings. The van der Waals surface area contributed by atoms with Gasteiger partial charge < -0.3 is 4.43 Å². The van der Waals surface area contributed by atoms with E-state index in [0.717, 1.165) is 6.42 Å². The topological polar surface area (TPSA) is 9.23 Å². The van der Waals surface area contributed by atoms with E-state index in [1.54, 1.807) is 0 Å². The van der Waals surface area contributed by atoms with Crippen molar-refractivity contribution in [2.45, 2.75) is 91.5 Å². The van der Waals surface area contributed by atoms with Crippen LogP contribution in [0.1, 0.15) is 68.7 Å². The van der Waals surface area contributed by atoms with E-state index in [1.807, 2.05) is 0 Å². The summed E-state index contributed by atoms with van der Waals surface area (Å²) >= 11 is 3.54. The fraction of sp³-hybridized carbons (Fsp3) is 0.778. The summed E-state index contributed by atoms with van der Waals surface area (Å²) in [6.07, 6.45) is 5.59. The summed E-state index contributed by atoms with van der Waals surface area (Å²) in [5.41, 5.74) is 3.22. The van der Waals surface area contributed by atoms with Gasteiger partial charge in [0, 0.05) is 0 Å². The van der Waals surface area contributed by atoms with E-state index in [9.17, 15) is 0 Å². The van der Waals surface area contributed by atoms with Gasteiger partial charge in [-0.15, -0.1) is 0 Å². The van der Waals surface area contributed by atoms with Crippen LogP contribution in [0.2, 0.25) is 16.6 Å². The first-order valence-corrected chi connectivity index (χ1v) is 11.2. The van der Waals surface area contributed by atoms with Crippen molar-refractivity contribution in [3.8, 4) is 0 Å². The van der Waals surface area contributed by atoms with Crippen molar-refractivity contribution in [3.05, 3.63) is 22.2 Å². The van der Waals surface area contributed by atoms with Crippen LogP contribution in [0.4, 0.5) is 0 Å². The summed E-state index contributed by atoms with van der Waals surface area (Å²) in [7, 11) is -1.83. The van der Waals surface area contributed by atoms with Crippen LogP contribution < -0.4 is 0 Å². The van der Waals surface area contributed by atoms with Gasteiger partial charge in [-0.2, -0.15) is 0 Å². The summed E-state index contributed by atoms with van der Waals surface area (Å²) in [5.74, 6) is 0. The normalized spacial score (nSPS) is 16.2. The highest BCUT2D eigenvalue weighted by atomic mass is 79.9. The first-order valence-electron chi connectivity index (χ1n) is 8.22. The van der Waals surface area contributed by atoms with E-state index in [0.29, 0.717) is 16.6 Å². The zero-order valence-electron chi connectivity index (χ0n) is 15.5. The largest absolute Gasteiger partial charge is 0.409 e. The molecule has 0 amide bonds. The van der Waals surface area contributed by atoms with Crippen molar-refractivity contribution >= 4 is 24.2 Å². The van der Waals surface area contributed by atoms with E-state index in [1.165, 1.54) is 10.1 Å². The minimum atomic E-state index is -1.83. The van der Waals surface area contributed by atoms with Crippen LogP contribution >= 0.6 is 15.9 Å². The predicted molar refractivity (Wildman–Crippen MR) is 103 cm³/mol. The Balaban J connectivity index is 5.55. The molecule has 0 radical (unpaired) electrons. The Morgan fingerprint density at radius 3 is 1.71 bits per heavy atom. The van der Waals surface area contributed by atoms with Crippen LogP contribution in [-0.2, 0) is 4.43 Å². The van der Waals surface area contributed by atoms with Crippen molar-refractivity contribution in [2.75, 3.05) is 0 Å². The van der Waals surface area contributed by atoms with Gasteiger partial charge in [-0.05, 0) is 53.9 Å². The third kappa shape index (κ3) is 5.68. The molecular formula is C18H35BrOSi. The Hall–Kier alpha value is 0.137. The molecule has 0 bridgehead atoms. The van der Waals surface area contributed by atoms with Crippen LogP contribution in [0, 0.1) is 0 Å². The zero-order valence-corrected chi connectivity index (χ0v) is 18.0. The monoisotopic (exact) mass is 374 g/mol. The lowest BCUT2D eigenvalue weighted by atomic mass is 10.1. The second kappa shape index (κ2) is 9.31. The van der Waals surface area contributed by atoms with Gasteiger partial charge in [0.05, 0.1) is 6.10 Å². The average Bonchev–Trinajstić information content (AvgIpc) is 2.36. The van der Waals surface area contributed by atoms with Gasteiger partial charge in [0.25, 0.3) is 0 Å². The molecule has 1 nitrogen and oxygen atoms in total. The Bertz CT molecular complexity index is 344. The molecule has 0 aliphatic carbocycles. The molecule has 0 heterocycles. The Morgan fingerprint density at radius 1 is 1.00 bits per heavy atom.